The van der Waals surface area contributed by atoms with E-state index in [0.717, 1.165) is 56.3 Å². The fourth-order valence-electron chi connectivity index (χ4n) is 9.64. The van der Waals surface area contributed by atoms with Gasteiger partial charge in [-0.3, -0.25) is 0 Å². The highest BCUT2D eigenvalue weighted by molar-refractivity contribution is 6.04. The van der Waals surface area contributed by atoms with Gasteiger partial charge in [0.25, 0.3) is 0 Å². The Morgan fingerprint density at radius 2 is 0.900 bits per heavy atom. The summed E-state index contributed by atoms with van der Waals surface area (Å²) in [5.41, 5.74) is 16.3. The van der Waals surface area contributed by atoms with E-state index in [1.807, 2.05) is 18.2 Å². The minimum absolute atomic E-state index is 0.503. The zero-order valence-corrected chi connectivity index (χ0v) is 32.6. The lowest BCUT2D eigenvalue weighted by atomic mass is 9.67. The Kier molecular flexibility index (Phi) is 7.76. The SMILES string of the molecule is c1ccc(-c2nc(-c3ccc(-c4ccc5c(c4)Oc4cccc6cccc-5c46)cc3)cc(-c3ccc4c(c3)C(c3ccccc3)(c3ccccc3)c3ccccc3-4)n2)cc1. The van der Waals surface area contributed by atoms with Crippen LogP contribution in [0.2, 0.25) is 0 Å². The van der Waals surface area contributed by atoms with E-state index in [-0.39, 0.29) is 0 Å². The quantitative estimate of drug-likeness (QED) is 0.169. The third-order valence-corrected chi connectivity index (χ3v) is 12.4. The van der Waals surface area contributed by atoms with Gasteiger partial charge in [0.15, 0.2) is 5.82 Å². The molecule has 9 aromatic carbocycles. The van der Waals surface area contributed by atoms with Gasteiger partial charge in [-0.1, -0.05) is 188 Å². The van der Waals surface area contributed by atoms with E-state index in [1.54, 1.807) is 0 Å². The first-order valence-electron chi connectivity index (χ1n) is 20.5. The molecule has 1 aromatic heterocycles. The van der Waals surface area contributed by atoms with Gasteiger partial charge in [-0.15, -0.1) is 0 Å². The maximum Gasteiger partial charge on any atom is 0.160 e. The first kappa shape index (κ1) is 34.2. The number of aromatic nitrogens is 2. The summed E-state index contributed by atoms with van der Waals surface area (Å²) in [6, 6.07) is 78.0. The molecule has 3 nitrogen and oxygen atoms in total. The molecular weight excluding hydrogens is 729 g/mol. The second-order valence-electron chi connectivity index (χ2n) is 15.7. The molecule has 0 fully saturated rings. The zero-order valence-electron chi connectivity index (χ0n) is 32.6. The molecule has 0 radical (unpaired) electrons. The monoisotopic (exact) mass is 764 g/mol. The molecule has 0 saturated heterocycles. The normalized spacial score (nSPS) is 12.9. The van der Waals surface area contributed by atoms with Crippen LogP contribution in [-0.4, -0.2) is 9.97 Å². The third-order valence-electron chi connectivity index (χ3n) is 12.4. The molecule has 0 bridgehead atoms. The molecule has 280 valence electrons. The van der Waals surface area contributed by atoms with Crippen molar-refractivity contribution >= 4 is 10.8 Å². The summed E-state index contributed by atoms with van der Waals surface area (Å²) in [5, 5.41) is 2.35. The number of hydrogen-bond acceptors (Lipinski definition) is 3. The van der Waals surface area contributed by atoms with Crippen molar-refractivity contribution in [3.63, 3.8) is 0 Å². The molecule has 60 heavy (non-hydrogen) atoms. The molecule has 0 N–H and O–H groups in total. The maximum absolute atomic E-state index is 6.51. The molecule has 0 unspecified atom stereocenters. The Bertz CT molecular complexity index is 3220. The molecule has 0 saturated carbocycles. The molecule has 0 atom stereocenters. The van der Waals surface area contributed by atoms with Crippen molar-refractivity contribution < 1.29 is 4.74 Å². The molecule has 3 heteroatoms. The Labute approximate surface area is 348 Å². The van der Waals surface area contributed by atoms with Crippen molar-refractivity contribution in [3.8, 4) is 78.8 Å². The number of rotatable bonds is 6. The van der Waals surface area contributed by atoms with Crippen LogP contribution in [0.15, 0.2) is 218 Å². The van der Waals surface area contributed by atoms with E-state index in [1.165, 1.54) is 49.7 Å². The van der Waals surface area contributed by atoms with Gasteiger partial charge in [0.2, 0.25) is 0 Å². The van der Waals surface area contributed by atoms with E-state index in [9.17, 15) is 0 Å². The smallest absolute Gasteiger partial charge is 0.160 e. The molecule has 12 rings (SSSR count). The average Bonchev–Trinajstić information content (AvgIpc) is 3.63. The van der Waals surface area contributed by atoms with Gasteiger partial charge in [0.1, 0.15) is 11.5 Å². The van der Waals surface area contributed by atoms with E-state index in [4.69, 9.17) is 14.7 Å². The van der Waals surface area contributed by atoms with E-state index >= 15 is 0 Å². The standard InChI is InChI=1S/C57H36N2O/c1-4-14-40(15-5-1)56-58-51(38-28-26-37(27-29-38)41-30-33-47-48-23-12-16-39-17-13-25-53(55(39)48)60-54(47)35-41)36-52(59-56)42-31-32-46-45-22-10-11-24-49(45)57(50(46)34-42,43-18-6-2-7-19-43)44-20-8-3-9-21-44/h1-36H. The van der Waals surface area contributed by atoms with Crippen LogP contribution < -0.4 is 4.74 Å². The van der Waals surface area contributed by atoms with Gasteiger partial charge < -0.3 is 4.74 Å². The van der Waals surface area contributed by atoms with Crippen LogP contribution in [0.3, 0.4) is 0 Å². The first-order valence-corrected chi connectivity index (χ1v) is 20.5. The summed E-state index contributed by atoms with van der Waals surface area (Å²) < 4.78 is 6.51. The predicted octanol–water partition coefficient (Wildman–Crippen LogP) is 14.4. The van der Waals surface area contributed by atoms with Gasteiger partial charge in [0.05, 0.1) is 16.8 Å². The van der Waals surface area contributed by atoms with Crippen LogP contribution >= 0.6 is 0 Å². The number of fused-ring (bicyclic) bond motifs is 5. The molecule has 2 aliphatic rings. The Balaban J connectivity index is 0.974. The topological polar surface area (TPSA) is 35.0 Å². The summed E-state index contributed by atoms with van der Waals surface area (Å²) in [4.78, 5) is 10.5. The average molecular weight is 765 g/mol. The van der Waals surface area contributed by atoms with Gasteiger partial charge in [-0.25, -0.2) is 9.97 Å². The molecule has 2 heterocycles. The summed E-state index contributed by atoms with van der Waals surface area (Å²) in [6.07, 6.45) is 0. The summed E-state index contributed by atoms with van der Waals surface area (Å²) in [5.74, 6) is 2.46. The molecular formula is C57H36N2O. The summed E-state index contributed by atoms with van der Waals surface area (Å²) in [7, 11) is 0. The Morgan fingerprint density at radius 3 is 1.65 bits per heavy atom. The van der Waals surface area contributed by atoms with Crippen LogP contribution in [0.1, 0.15) is 22.3 Å². The minimum Gasteiger partial charge on any atom is -0.456 e. The molecule has 0 spiro atoms. The number of ether oxygens (including phenoxy) is 1. The number of nitrogens with zero attached hydrogens (tertiary/aromatic N) is 2. The van der Waals surface area contributed by atoms with Crippen LogP contribution in [0.4, 0.5) is 0 Å². The van der Waals surface area contributed by atoms with Crippen molar-refractivity contribution in [2.75, 3.05) is 0 Å². The maximum atomic E-state index is 6.51. The van der Waals surface area contributed by atoms with Crippen LogP contribution in [0, 0.1) is 0 Å². The molecule has 10 aromatic rings. The highest BCUT2D eigenvalue weighted by atomic mass is 16.5. The van der Waals surface area contributed by atoms with E-state index in [2.05, 4.69) is 200 Å². The van der Waals surface area contributed by atoms with Crippen molar-refractivity contribution in [2.45, 2.75) is 5.41 Å². The lowest BCUT2D eigenvalue weighted by Gasteiger charge is -2.34. The predicted molar refractivity (Wildman–Crippen MR) is 244 cm³/mol. The van der Waals surface area contributed by atoms with E-state index in [0.29, 0.717) is 5.82 Å². The second kappa shape index (κ2) is 13.6. The van der Waals surface area contributed by atoms with Gasteiger partial charge in [-0.2, -0.15) is 0 Å². The largest absolute Gasteiger partial charge is 0.456 e. The summed E-state index contributed by atoms with van der Waals surface area (Å²) in [6.45, 7) is 0. The van der Waals surface area contributed by atoms with Gasteiger partial charge in [-0.05, 0) is 85.8 Å². The van der Waals surface area contributed by atoms with Crippen LogP contribution in [-0.2, 0) is 5.41 Å². The Morgan fingerprint density at radius 1 is 0.333 bits per heavy atom. The molecule has 1 aliphatic carbocycles. The number of hydrogen-bond donors (Lipinski definition) is 0. The lowest BCUT2D eigenvalue weighted by molar-refractivity contribution is 0.487. The van der Waals surface area contributed by atoms with Crippen LogP contribution in [0.5, 0.6) is 11.5 Å². The summed E-state index contributed by atoms with van der Waals surface area (Å²) >= 11 is 0. The van der Waals surface area contributed by atoms with Crippen molar-refractivity contribution in [1.29, 1.82) is 0 Å². The van der Waals surface area contributed by atoms with E-state index < -0.39 is 5.41 Å². The highest BCUT2D eigenvalue weighted by Gasteiger charge is 2.46. The van der Waals surface area contributed by atoms with Crippen molar-refractivity contribution in [2.24, 2.45) is 0 Å². The Hall–Kier alpha value is -7.88. The molecule has 0 amide bonds. The number of benzene rings is 9. The molecule has 1 aliphatic heterocycles. The van der Waals surface area contributed by atoms with Gasteiger partial charge in [0, 0.05) is 27.6 Å². The zero-order chi connectivity index (χ0) is 39.6. The fourth-order valence-corrected chi connectivity index (χ4v) is 9.64. The van der Waals surface area contributed by atoms with Crippen molar-refractivity contribution in [1.82, 2.24) is 9.97 Å². The lowest BCUT2D eigenvalue weighted by Crippen LogP contribution is -2.28. The van der Waals surface area contributed by atoms with Crippen molar-refractivity contribution in [3.05, 3.63) is 241 Å². The first-order chi connectivity index (χ1) is 29.7. The van der Waals surface area contributed by atoms with Gasteiger partial charge >= 0.3 is 0 Å². The fraction of sp³-hybridized carbons (Fsp3) is 0.0175. The minimum atomic E-state index is -0.503. The highest BCUT2D eigenvalue weighted by Crippen LogP contribution is 2.57. The second-order valence-corrected chi connectivity index (χ2v) is 15.7. The third kappa shape index (κ3) is 5.30. The van der Waals surface area contributed by atoms with Crippen LogP contribution in [0.25, 0.3) is 78.1 Å².